The van der Waals surface area contributed by atoms with Crippen LogP contribution in [0.2, 0.25) is 0 Å². The van der Waals surface area contributed by atoms with Gasteiger partial charge in [-0.25, -0.2) is 0 Å². The fourth-order valence-corrected chi connectivity index (χ4v) is 2.92. The van der Waals surface area contributed by atoms with Gasteiger partial charge in [-0.05, 0) is 56.7 Å². The molecule has 0 aliphatic carbocycles. The zero-order valence-corrected chi connectivity index (χ0v) is 12.4. The van der Waals surface area contributed by atoms with Crippen molar-refractivity contribution in [3.8, 4) is 0 Å². The van der Waals surface area contributed by atoms with Crippen molar-refractivity contribution in [3.63, 3.8) is 0 Å². The van der Waals surface area contributed by atoms with Gasteiger partial charge in [0.25, 0.3) is 0 Å². The molecule has 1 aliphatic heterocycles. The molecule has 0 spiro atoms. The lowest BCUT2D eigenvalue weighted by atomic mass is 9.77. The molecule has 2 nitrogen and oxygen atoms in total. The largest absolute Gasteiger partial charge is 0.396 e. The average molecular weight is 261 g/mol. The maximum absolute atomic E-state index is 9.54. The van der Waals surface area contributed by atoms with Gasteiger partial charge in [0.2, 0.25) is 0 Å². The first kappa shape index (κ1) is 14.5. The summed E-state index contributed by atoms with van der Waals surface area (Å²) in [4.78, 5) is 2.55. The number of hydrogen-bond donors (Lipinski definition) is 1. The Morgan fingerprint density at radius 3 is 2.32 bits per heavy atom. The normalized spacial score (nSPS) is 19.5. The van der Waals surface area contributed by atoms with Gasteiger partial charge in [0.05, 0.1) is 0 Å². The summed E-state index contributed by atoms with van der Waals surface area (Å²) in [6.07, 6.45) is 4.54. The Balaban J connectivity index is 1.78. The maximum atomic E-state index is 9.54. The summed E-state index contributed by atoms with van der Waals surface area (Å²) in [7, 11) is 0. The van der Waals surface area contributed by atoms with Crippen LogP contribution in [0.15, 0.2) is 24.3 Å². The smallest absolute Gasteiger partial charge is 0.0488 e. The molecule has 1 fully saturated rings. The number of benzene rings is 1. The van der Waals surface area contributed by atoms with Crippen LogP contribution in [-0.4, -0.2) is 36.2 Å². The minimum Gasteiger partial charge on any atom is -0.396 e. The van der Waals surface area contributed by atoms with Crippen LogP contribution in [0.3, 0.4) is 0 Å². The second-order valence-corrected chi connectivity index (χ2v) is 6.09. The van der Waals surface area contributed by atoms with Gasteiger partial charge in [0.1, 0.15) is 0 Å². The highest BCUT2D eigenvalue weighted by atomic mass is 16.3. The van der Waals surface area contributed by atoms with Crippen molar-refractivity contribution in [1.29, 1.82) is 0 Å². The van der Waals surface area contributed by atoms with E-state index in [1.807, 2.05) is 0 Å². The van der Waals surface area contributed by atoms with Crippen molar-refractivity contribution in [1.82, 2.24) is 4.90 Å². The average Bonchev–Trinajstić information content (AvgIpc) is 2.47. The van der Waals surface area contributed by atoms with Crippen LogP contribution in [-0.2, 0) is 6.42 Å². The highest BCUT2D eigenvalue weighted by Gasteiger charge is 2.31. The fourth-order valence-electron chi connectivity index (χ4n) is 2.92. The summed E-state index contributed by atoms with van der Waals surface area (Å²) >= 11 is 0. The molecule has 1 aromatic rings. The zero-order valence-electron chi connectivity index (χ0n) is 12.4. The van der Waals surface area contributed by atoms with Gasteiger partial charge in [-0.3, -0.25) is 0 Å². The monoisotopic (exact) mass is 261 g/mol. The summed E-state index contributed by atoms with van der Waals surface area (Å²) < 4.78 is 0. The zero-order chi connectivity index (χ0) is 13.7. The van der Waals surface area contributed by atoms with Crippen LogP contribution in [0.25, 0.3) is 0 Å². The summed E-state index contributed by atoms with van der Waals surface area (Å²) in [5.74, 6) is 0. The van der Waals surface area contributed by atoms with Crippen LogP contribution in [0.1, 0.15) is 37.3 Å². The molecule has 19 heavy (non-hydrogen) atoms. The number of rotatable bonds is 5. The molecule has 0 saturated carbocycles. The van der Waals surface area contributed by atoms with E-state index in [-0.39, 0.29) is 5.41 Å². The fraction of sp³-hybridized carbons (Fsp3) is 0.647. The van der Waals surface area contributed by atoms with E-state index < -0.39 is 0 Å². The van der Waals surface area contributed by atoms with Gasteiger partial charge in [-0.2, -0.15) is 0 Å². The molecule has 1 aliphatic rings. The van der Waals surface area contributed by atoms with E-state index in [0.717, 1.165) is 45.3 Å². The molecule has 1 N–H and O–H groups in total. The number of likely N-dealkylation sites (tertiary alicyclic amines) is 1. The van der Waals surface area contributed by atoms with E-state index in [2.05, 4.69) is 43.0 Å². The highest BCUT2D eigenvalue weighted by molar-refractivity contribution is 5.21. The number of aliphatic hydroxyl groups is 1. The van der Waals surface area contributed by atoms with Crippen LogP contribution in [0, 0.1) is 12.3 Å². The molecule has 0 bridgehead atoms. The Labute approximate surface area is 117 Å². The highest BCUT2D eigenvalue weighted by Crippen LogP contribution is 2.34. The lowest BCUT2D eigenvalue weighted by molar-refractivity contribution is 0.0414. The van der Waals surface area contributed by atoms with Crippen LogP contribution in [0.4, 0.5) is 0 Å². The van der Waals surface area contributed by atoms with Gasteiger partial charge in [0, 0.05) is 13.2 Å². The number of aliphatic hydroxyl groups excluding tert-OH is 1. The third kappa shape index (κ3) is 3.80. The van der Waals surface area contributed by atoms with Crippen molar-refractivity contribution in [3.05, 3.63) is 35.4 Å². The third-order valence-electron chi connectivity index (χ3n) is 4.84. The molecule has 2 heteroatoms. The van der Waals surface area contributed by atoms with E-state index in [0.29, 0.717) is 6.61 Å². The standard InChI is InChI=1S/C17H27NO/c1-3-17(14-19)9-12-18(13-10-17)11-8-16-6-4-15(2)5-7-16/h4-7,19H,3,8-14H2,1-2H3. The first-order valence-electron chi connectivity index (χ1n) is 7.56. The number of hydrogen-bond acceptors (Lipinski definition) is 2. The molecule has 0 radical (unpaired) electrons. The molecule has 0 unspecified atom stereocenters. The van der Waals surface area contributed by atoms with Crippen molar-refractivity contribution in [2.45, 2.75) is 39.5 Å². The van der Waals surface area contributed by atoms with Crippen molar-refractivity contribution in [2.75, 3.05) is 26.2 Å². The molecular formula is C17H27NO. The predicted molar refractivity (Wildman–Crippen MR) is 80.4 cm³/mol. The van der Waals surface area contributed by atoms with Gasteiger partial charge < -0.3 is 10.0 Å². The number of piperidine rings is 1. The summed E-state index contributed by atoms with van der Waals surface area (Å²) in [5, 5.41) is 9.54. The molecule has 1 aromatic carbocycles. The van der Waals surface area contributed by atoms with E-state index in [1.165, 1.54) is 11.1 Å². The van der Waals surface area contributed by atoms with Gasteiger partial charge in [0.15, 0.2) is 0 Å². The minimum absolute atomic E-state index is 0.209. The molecule has 0 amide bonds. The Morgan fingerprint density at radius 1 is 1.16 bits per heavy atom. The molecule has 106 valence electrons. The van der Waals surface area contributed by atoms with E-state index in [4.69, 9.17) is 0 Å². The number of nitrogens with zero attached hydrogens (tertiary/aromatic N) is 1. The second kappa shape index (κ2) is 6.53. The maximum Gasteiger partial charge on any atom is 0.0488 e. The Kier molecular flexibility index (Phi) is 5.00. The van der Waals surface area contributed by atoms with Crippen LogP contribution in [0.5, 0.6) is 0 Å². The molecular weight excluding hydrogens is 234 g/mol. The first-order valence-corrected chi connectivity index (χ1v) is 7.56. The van der Waals surface area contributed by atoms with Crippen molar-refractivity contribution in [2.24, 2.45) is 5.41 Å². The SMILES string of the molecule is CCC1(CO)CCN(CCc2ccc(C)cc2)CC1. The summed E-state index contributed by atoms with van der Waals surface area (Å²) in [6, 6.07) is 8.87. The van der Waals surface area contributed by atoms with Crippen LogP contribution < -0.4 is 0 Å². The van der Waals surface area contributed by atoms with Gasteiger partial charge in [-0.1, -0.05) is 36.8 Å². The minimum atomic E-state index is 0.209. The molecule has 0 atom stereocenters. The summed E-state index contributed by atoms with van der Waals surface area (Å²) in [5.41, 5.74) is 2.97. The van der Waals surface area contributed by atoms with Gasteiger partial charge in [-0.15, -0.1) is 0 Å². The van der Waals surface area contributed by atoms with E-state index in [9.17, 15) is 5.11 Å². The van der Waals surface area contributed by atoms with Crippen LogP contribution >= 0.6 is 0 Å². The Hall–Kier alpha value is -0.860. The second-order valence-electron chi connectivity index (χ2n) is 6.09. The first-order chi connectivity index (χ1) is 9.17. The Morgan fingerprint density at radius 2 is 1.79 bits per heavy atom. The molecule has 2 rings (SSSR count). The quantitative estimate of drug-likeness (QED) is 0.880. The lowest BCUT2D eigenvalue weighted by Gasteiger charge is -2.40. The van der Waals surface area contributed by atoms with Crippen molar-refractivity contribution < 1.29 is 5.11 Å². The third-order valence-corrected chi connectivity index (χ3v) is 4.84. The lowest BCUT2D eigenvalue weighted by Crippen LogP contribution is -2.42. The molecule has 0 aromatic heterocycles. The number of aryl methyl sites for hydroxylation is 1. The van der Waals surface area contributed by atoms with E-state index in [1.54, 1.807) is 0 Å². The van der Waals surface area contributed by atoms with Gasteiger partial charge >= 0.3 is 0 Å². The Bertz CT molecular complexity index is 371. The molecule has 1 saturated heterocycles. The topological polar surface area (TPSA) is 23.5 Å². The summed E-state index contributed by atoms with van der Waals surface area (Å²) in [6.45, 7) is 8.12. The predicted octanol–water partition coefficient (Wildman–Crippen LogP) is 3.02. The molecule has 1 heterocycles. The van der Waals surface area contributed by atoms with E-state index >= 15 is 0 Å². The van der Waals surface area contributed by atoms with Crippen molar-refractivity contribution >= 4 is 0 Å².